The van der Waals surface area contributed by atoms with E-state index in [0.29, 0.717) is 16.6 Å². The molecule has 0 atom stereocenters. The zero-order valence-corrected chi connectivity index (χ0v) is 18.3. The highest BCUT2D eigenvalue weighted by Gasteiger charge is 2.24. The van der Waals surface area contributed by atoms with Crippen molar-refractivity contribution in [3.05, 3.63) is 69.7 Å². The molecular weight excluding hydrogens is 437 g/mol. The van der Waals surface area contributed by atoms with E-state index in [2.05, 4.69) is 31.5 Å². The number of H-pyrrole nitrogens is 1. The number of aromatic amines is 1. The molecular formula is C24H20FN7O2. The van der Waals surface area contributed by atoms with Crippen molar-refractivity contribution in [2.24, 2.45) is 0 Å². The lowest BCUT2D eigenvalue weighted by atomic mass is 9.93. The zero-order chi connectivity index (χ0) is 23.8. The third kappa shape index (κ3) is 3.62. The molecule has 170 valence electrons. The van der Waals surface area contributed by atoms with Crippen molar-refractivity contribution in [3.63, 3.8) is 0 Å². The van der Waals surface area contributed by atoms with E-state index in [4.69, 9.17) is 0 Å². The van der Waals surface area contributed by atoms with Crippen LogP contribution in [-0.2, 0) is 0 Å². The van der Waals surface area contributed by atoms with Gasteiger partial charge in [0.2, 0.25) is 0 Å². The van der Waals surface area contributed by atoms with Gasteiger partial charge < -0.3 is 10.2 Å². The molecule has 0 bridgehead atoms. The summed E-state index contributed by atoms with van der Waals surface area (Å²) in [5.41, 5.74) is 3.42. The number of aromatic nitrogens is 3. The van der Waals surface area contributed by atoms with Crippen molar-refractivity contribution >= 4 is 22.4 Å². The number of nitrogens with one attached hydrogen (secondary N) is 2. The first kappa shape index (κ1) is 21.5. The van der Waals surface area contributed by atoms with Gasteiger partial charge in [0.1, 0.15) is 11.9 Å². The molecule has 2 aromatic carbocycles. The van der Waals surface area contributed by atoms with E-state index in [1.165, 1.54) is 12.1 Å². The summed E-state index contributed by atoms with van der Waals surface area (Å²) in [5, 5.41) is 32.3. The van der Waals surface area contributed by atoms with Gasteiger partial charge in [-0.05, 0) is 30.7 Å². The fraction of sp³-hybridized carbons (Fsp3) is 0.208. The van der Waals surface area contributed by atoms with Crippen molar-refractivity contribution in [2.75, 3.05) is 31.1 Å². The fourth-order valence-corrected chi connectivity index (χ4v) is 4.37. The maximum atomic E-state index is 14.9. The number of nitro benzene ring substituents is 1. The Morgan fingerprint density at radius 3 is 2.56 bits per heavy atom. The maximum absolute atomic E-state index is 14.9. The largest absolute Gasteiger partial charge is 0.369 e. The van der Waals surface area contributed by atoms with Crippen LogP contribution in [0.5, 0.6) is 0 Å². The number of hydrogen-bond donors (Lipinski definition) is 2. The quantitative estimate of drug-likeness (QED) is 0.351. The standard InChI is InChI=1S/C24H20FN7O2/c1-14-21-22(15-2-4-16(5-3-15)31-10-8-27-9-11-31)19(13-26)23(28-24(21)30-29-14)18-7-6-17(32(33)34)12-20(18)25/h2-7,12,27H,8-11H2,1H3,(H,28,29,30). The Morgan fingerprint density at radius 1 is 1.18 bits per heavy atom. The lowest BCUT2D eigenvalue weighted by Gasteiger charge is -2.29. The highest BCUT2D eigenvalue weighted by atomic mass is 19.1. The highest BCUT2D eigenvalue weighted by molar-refractivity contribution is 6.01. The second-order valence-electron chi connectivity index (χ2n) is 8.07. The Kier molecular flexibility index (Phi) is 5.39. The van der Waals surface area contributed by atoms with Gasteiger partial charge in [-0.3, -0.25) is 15.2 Å². The number of pyridine rings is 1. The minimum Gasteiger partial charge on any atom is -0.369 e. The summed E-state index contributed by atoms with van der Waals surface area (Å²) in [6.07, 6.45) is 0. The van der Waals surface area contributed by atoms with Crippen LogP contribution in [0.1, 0.15) is 11.3 Å². The van der Waals surface area contributed by atoms with Gasteiger partial charge in [-0.25, -0.2) is 9.37 Å². The summed E-state index contributed by atoms with van der Waals surface area (Å²) in [5.74, 6) is -0.829. The lowest BCUT2D eigenvalue weighted by Crippen LogP contribution is -2.43. The van der Waals surface area contributed by atoms with E-state index in [9.17, 15) is 19.8 Å². The highest BCUT2D eigenvalue weighted by Crippen LogP contribution is 2.39. The summed E-state index contributed by atoms with van der Waals surface area (Å²) in [7, 11) is 0. The summed E-state index contributed by atoms with van der Waals surface area (Å²) in [6.45, 7) is 5.50. The minimum atomic E-state index is -0.829. The number of non-ortho nitro benzene ring substituents is 1. The molecule has 0 aliphatic carbocycles. The zero-order valence-electron chi connectivity index (χ0n) is 18.3. The number of halogens is 1. The minimum absolute atomic E-state index is 0.00314. The van der Waals surface area contributed by atoms with Crippen LogP contribution in [0.15, 0.2) is 42.5 Å². The summed E-state index contributed by atoms with van der Waals surface area (Å²) < 4.78 is 14.9. The van der Waals surface area contributed by atoms with Crippen LogP contribution in [0.25, 0.3) is 33.4 Å². The Hall–Kier alpha value is -4.36. The predicted molar refractivity (Wildman–Crippen MR) is 126 cm³/mol. The first-order valence-corrected chi connectivity index (χ1v) is 10.8. The normalized spacial score (nSPS) is 13.7. The number of hydrogen-bond acceptors (Lipinski definition) is 7. The molecule has 3 heterocycles. The number of rotatable bonds is 4. The second kappa shape index (κ2) is 8.53. The molecule has 0 amide bonds. The number of benzene rings is 2. The first-order chi connectivity index (χ1) is 16.5. The molecule has 0 unspecified atom stereocenters. The lowest BCUT2D eigenvalue weighted by molar-refractivity contribution is -0.385. The molecule has 1 aliphatic heterocycles. The molecule has 2 N–H and O–H groups in total. The Labute approximate surface area is 194 Å². The molecule has 0 saturated carbocycles. The fourth-order valence-electron chi connectivity index (χ4n) is 4.37. The number of anilines is 1. The SMILES string of the molecule is Cc1[nH]nc2nc(-c3ccc([N+](=O)[O-])cc3F)c(C#N)c(-c3ccc(N4CCNCC4)cc3)c12. The Morgan fingerprint density at radius 2 is 1.91 bits per heavy atom. The molecule has 9 nitrogen and oxygen atoms in total. The summed E-state index contributed by atoms with van der Waals surface area (Å²) in [4.78, 5) is 17.1. The number of nitriles is 1. The molecule has 1 saturated heterocycles. The van der Waals surface area contributed by atoms with E-state index in [1.807, 2.05) is 31.2 Å². The molecule has 2 aromatic heterocycles. The molecule has 1 aliphatic rings. The number of piperazine rings is 1. The molecule has 0 spiro atoms. The van der Waals surface area contributed by atoms with Crippen LogP contribution in [0.3, 0.4) is 0 Å². The number of nitro groups is 1. The van der Waals surface area contributed by atoms with Gasteiger partial charge in [0.15, 0.2) is 5.65 Å². The van der Waals surface area contributed by atoms with E-state index in [-0.39, 0.29) is 22.5 Å². The smallest absolute Gasteiger partial charge is 0.272 e. The maximum Gasteiger partial charge on any atom is 0.272 e. The van der Waals surface area contributed by atoms with Gasteiger partial charge in [-0.2, -0.15) is 10.4 Å². The van der Waals surface area contributed by atoms with Gasteiger partial charge in [-0.15, -0.1) is 0 Å². The van der Waals surface area contributed by atoms with E-state index < -0.39 is 10.7 Å². The van der Waals surface area contributed by atoms with Crippen molar-refractivity contribution in [2.45, 2.75) is 6.92 Å². The van der Waals surface area contributed by atoms with E-state index >= 15 is 0 Å². The van der Waals surface area contributed by atoms with Crippen LogP contribution in [0, 0.1) is 34.2 Å². The van der Waals surface area contributed by atoms with Gasteiger partial charge in [0.05, 0.1) is 27.6 Å². The first-order valence-electron chi connectivity index (χ1n) is 10.8. The predicted octanol–water partition coefficient (Wildman–Crippen LogP) is 3.93. The number of nitrogens with zero attached hydrogens (tertiary/aromatic N) is 5. The molecule has 10 heteroatoms. The van der Waals surface area contributed by atoms with Crippen LogP contribution in [-0.4, -0.2) is 46.3 Å². The van der Waals surface area contributed by atoms with Crippen LogP contribution >= 0.6 is 0 Å². The van der Waals surface area contributed by atoms with Crippen molar-refractivity contribution in [1.29, 1.82) is 5.26 Å². The van der Waals surface area contributed by atoms with Crippen LogP contribution < -0.4 is 10.2 Å². The van der Waals surface area contributed by atoms with Crippen LogP contribution in [0.4, 0.5) is 15.8 Å². The van der Waals surface area contributed by atoms with Gasteiger partial charge in [0.25, 0.3) is 5.69 Å². The summed E-state index contributed by atoms with van der Waals surface area (Å²) in [6, 6.07) is 13.4. The van der Waals surface area contributed by atoms with E-state index in [1.54, 1.807) is 0 Å². The monoisotopic (exact) mass is 457 g/mol. The Bertz CT molecular complexity index is 1450. The number of aryl methyl sites for hydroxylation is 1. The topological polar surface area (TPSA) is 124 Å². The van der Waals surface area contributed by atoms with Crippen molar-refractivity contribution in [3.8, 4) is 28.5 Å². The average Bonchev–Trinajstić information content (AvgIpc) is 3.23. The van der Waals surface area contributed by atoms with Crippen LogP contribution in [0.2, 0.25) is 0 Å². The van der Waals surface area contributed by atoms with Gasteiger partial charge in [-0.1, -0.05) is 12.1 Å². The Balaban J connectivity index is 1.70. The molecule has 4 aromatic rings. The second-order valence-corrected chi connectivity index (χ2v) is 8.07. The third-order valence-electron chi connectivity index (χ3n) is 6.05. The summed E-state index contributed by atoms with van der Waals surface area (Å²) >= 11 is 0. The van der Waals surface area contributed by atoms with Gasteiger partial charge in [0, 0.05) is 54.8 Å². The number of fused-ring (bicyclic) bond motifs is 1. The average molecular weight is 457 g/mol. The van der Waals surface area contributed by atoms with Gasteiger partial charge >= 0.3 is 0 Å². The molecule has 34 heavy (non-hydrogen) atoms. The molecule has 1 fully saturated rings. The van der Waals surface area contributed by atoms with E-state index in [0.717, 1.165) is 49.2 Å². The third-order valence-corrected chi connectivity index (χ3v) is 6.05. The van der Waals surface area contributed by atoms with Crippen molar-refractivity contribution < 1.29 is 9.31 Å². The molecule has 0 radical (unpaired) electrons. The molecule has 5 rings (SSSR count). The van der Waals surface area contributed by atoms with Crippen molar-refractivity contribution in [1.82, 2.24) is 20.5 Å².